The van der Waals surface area contributed by atoms with Crippen LogP contribution in [0, 0.1) is 0 Å². The molecule has 0 saturated carbocycles. The Labute approximate surface area is 97.1 Å². The lowest BCUT2D eigenvalue weighted by Gasteiger charge is -1.98. The van der Waals surface area contributed by atoms with Crippen LogP contribution in [0.5, 0.6) is 0 Å². The second-order valence-electron chi connectivity index (χ2n) is 3.99. The van der Waals surface area contributed by atoms with Gasteiger partial charge in [-0.05, 0) is 18.2 Å². The van der Waals surface area contributed by atoms with Crippen molar-refractivity contribution in [3.05, 3.63) is 42.2 Å². The molecule has 1 N–H and O–H groups in total. The number of carboxylic acid groups (broad SMARTS) is 1. The van der Waals surface area contributed by atoms with Gasteiger partial charge in [0, 0.05) is 35.7 Å². The summed E-state index contributed by atoms with van der Waals surface area (Å²) in [6.07, 6.45) is 3.54. The van der Waals surface area contributed by atoms with Gasteiger partial charge in [0.1, 0.15) is 0 Å². The lowest BCUT2D eigenvalue weighted by Crippen LogP contribution is -1.96. The average molecular weight is 226 g/mol. The highest BCUT2D eigenvalue weighted by Crippen LogP contribution is 2.27. The Kier molecular flexibility index (Phi) is 1.92. The first-order valence-electron chi connectivity index (χ1n) is 5.24. The molecule has 0 saturated heterocycles. The van der Waals surface area contributed by atoms with Gasteiger partial charge in [0.05, 0.1) is 11.1 Å². The Morgan fingerprint density at radius 1 is 1.24 bits per heavy atom. The number of nitrogens with zero attached hydrogens (tertiary/aromatic N) is 2. The standard InChI is InChI=1S/C13H10N2O2/c1-15-11-4-5-14-7-10(11)9-3-2-8(13(16)17)6-12(9)15/h2-7H,1H3,(H,16,17). The molecule has 17 heavy (non-hydrogen) atoms. The average Bonchev–Trinajstić information content (AvgIpc) is 2.64. The van der Waals surface area contributed by atoms with E-state index in [1.54, 1.807) is 24.5 Å². The second kappa shape index (κ2) is 3.31. The van der Waals surface area contributed by atoms with E-state index in [1.165, 1.54) is 0 Å². The van der Waals surface area contributed by atoms with Crippen molar-refractivity contribution < 1.29 is 9.90 Å². The van der Waals surface area contributed by atoms with E-state index in [-0.39, 0.29) is 0 Å². The molecule has 2 heterocycles. The summed E-state index contributed by atoms with van der Waals surface area (Å²) in [6.45, 7) is 0. The van der Waals surface area contributed by atoms with Crippen LogP contribution in [0.15, 0.2) is 36.7 Å². The van der Waals surface area contributed by atoms with Gasteiger partial charge in [-0.25, -0.2) is 4.79 Å². The molecule has 0 aliphatic rings. The summed E-state index contributed by atoms with van der Waals surface area (Å²) >= 11 is 0. The Hall–Kier alpha value is -2.36. The van der Waals surface area contributed by atoms with Gasteiger partial charge in [-0.1, -0.05) is 6.07 Å². The fourth-order valence-corrected chi connectivity index (χ4v) is 2.19. The van der Waals surface area contributed by atoms with Gasteiger partial charge in [-0.15, -0.1) is 0 Å². The summed E-state index contributed by atoms with van der Waals surface area (Å²) in [4.78, 5) is 15.1. The van der Waals surface area contributed by atoms with E-state index in [2.05, 4.69) is 4.98 Å². The first kappa shape index (κ1) is 9.84. The molecule has 84 valence electrons. The topological polar surface area (TPSA) is 55.1 Å². The lowest BCUT2D eigenvalue weighted by atomic mass is 10.1. The zero-order valence-electron chi connectivity index (χ0n) is 9.21. The SMILES string of the molecule is Cn1c2ccncc2c2ccc(C(=O)O)cc21. The summed E-state index contributed by atoms with van der Waals surface area (Å²) in [5.74, 6) is -0.907. The van der Waals surface area contributed by atoms with Crippen LogP contribution in [0.1, 0.15) is 10.4 Å². The van der Waals surface area contributed by atoms with Crippen LogP contribution in [-0.2, 0) is 7.05 Å². The molecule has 0 amide bonds. The molecule has 0 atom stereocenters. The van der Waals surface area contributed by atoms with Gasteiger partial charge in [-0.3, -0.25) is 4.98 Å². The Bertz CT molecular complexity index is 744. The van der Waals surface area contributed by atoms with Crippen molar-refractivity contribution in [2.75, 3.05) is 0 Å². The Morgan fingerprint density at radius 2 is 2.06 bits per heavy atom. The second-order valence-corrected chi connectivity index (χ2v) is 3.99. The number of rotatable bonds is 1. The van der Waals surface area contributed by atoms with E-state index in [4.69, 9.17) is 5.11 Å². The van der Waals surface area contributed by atoms with Crippen molar-refractivity contribution in [1.29, 1.82) is 0 Å². The molecule has 1 aromatic carbocycles. The number of benzene rings is 1. The van der Waals surface area contributed by atoms with Crippen molar-refractivity contribution in [2.45, 2.75) is 0 Å². The summed E-state index contributed by atoms with van der Waals surface area (Å²) in [5, 5.41) is 11.1. The van der Waals surface area contributed by atoms with Crippen molar-refractivity contribution in [3.8, 4) is 0 Å². The maximum absolute atomic E-state index is 10.9. The van der Waals surface area contributed by atoms with Crippen molar-refractivity contribution in [1.82, 2.24) is 9.55 Å². The molecule has 4 heteroatoms. The first-order valence-corrected chi connectivity index (χ1v) is 5.24. The van der Waals surface area contributed by atoms with Gasteiger partial charge < -0.3 is 9.67 Å². The van der Waals surface area contributed by atoms with Crippen LogP contribution in [0.25, 0.3) is 21.8 Å². The molecule has 0 bridgehead atoms. The zero-order valence-corrected chi connectivity index (χ0v) is 9.21. The molecule has 0 aliphatic carbocycles. The first-order chi connectivity index (χ1) is 8.18. The van der Waals surface area contributed by atoms with E-state index in [1.807, 2.05) is 23.7 Å². The van der Waals surface area contributed by atoms with Crippen LogP contribution < -0.4 is 0 Å². The van der Waals surface area contributed by atoms with E-state index in [0.29, 0.717) is 5.56 Å². The number of hydrogen-bond donors (Lipinski definition) is 1. The van der Waals surface area contributed by atoms with Crippen LogP contribution in [0.4, 0.5) is 0 Å². The molecule has 3 rings (SSSR count). The molecule has 3 aromatic rings. The molecule has 0 radical (unpaired) electrons. The van der Waals surface area contributed by atoms with Gasteiger partial charge in [-0.2, -0.15) is 0 Å². The van der Waals surface area contributed by atoms with Gasteiger partial charge in [0.25, 0.3) is 0 Å². The number of pyridine rings is 1. The third kappa shape index (κ3) is 1.30. The third-order valence-corrected chi connectivity index (χ3v) is 3.06. The van der Waals surface area contributed by atoms with Crippen molar-refractivity contribution in [3.63, 3.8) is 0 Å². The van der Waals surface area contributed by atoms with E-state index >= 15 is 0 Å². The molecule has 2 aromatic heterocycles. The van der Waals surface area contributed by atoms with Crippen molar-refractivity contribution >= 4 is 27.8 Å². The molecule has 0 unspecified atom stereocenters. The number of carbonyl (C=O) groups is 1. The third-order valence-electron chi connectivity index (χ3n) is 3.06. The summed E-state index contributed by atoms with van der Waals surface area (Å²) < 4.78 is 1.98. The van der Waals surface area contributed by atoms with Gasteiger partial charge in [0.15, 0.2) is 0 Å². The van der Waals surface area contributed by atoms with Crippen LogP contribution in [-0.4, -0.2) is 20.6 Å². The number of aromatic nitrogens is 2. The zero-order chi connectivity index (χ0) is 12.0. The van der Waals surface area contributed by atoms with E-state index in [9.17, 15) is 4.79 Å². The molecule has 4 nitrogen and oxygen atoms in total. The summed E-state index contributed by atoms with van der Waals surface area (Å²) in [7, 11) is 1.93. The predicted octanol–water partition coefficient (Wildman–Crippen LogP) is 2.42. The maximum atomic E-state index is 10.9. The molecule has 0 spiro atoms. The molecular weight excluding hydrogens is 216 g/mol. The Morgan fingerprint density at radius 3 is 2.82 bits per heavy atom. The monoisotopic (exact) mass is 226 g/mol. The largest absolute Gasteiger partial charge is 0.478 e. The molecular formula is C13H10N2O2. The normalized spacial score (nSPS) is 11.1. The number of aryl methyl sites for hydroxylation is 1. The highest BCUT2D eigenvalue weighted by atomic mass is 16.4. The van der Waals surface area contributed by atoms with Gasteiger partial charge >= 0.3 is 5.97 Å². The number of carboxylic acids is 1. The maximum Gasteiger partial charge on any atom is 0.335 e. The molecule has 0 fully saturated rings. The quantitative estimate of drug-likeness (QED) is 0.693. The van der Waals surface area contributed by atoms with Crippen LogP contribution >= 0.6 is 0 Å². The molecule has 0 aliphatic heterocycles. The lowest BCUT2D eigenvalue weighted by molar-refractivity contribution is 0.0697. The fourth-order valence-electron chi connectivity index (χ4n) is 2.19. The van der Waals surface area contributed by atoms with E-state index in [0.717, 1.165) is 21.8 Å². The number of hydrogen-bond acceptors (Lipinski definition) is 2. The minimum absolute atomic E-state index is 0.302. The fraction of sp³-hybridized carbons (Fsp3) is 0.0769. The Balaban J connectivity index is 2.49. The summed E-state index contributed by atoms with van der Waals surface area (Å²) in [5.41, 5.74) is 2.27. The van der Waals surface area contributed by atoms with Gasteiger partial charge in [0.2, 0.25) is 0 Å². The number of fused-ring (bicyclic) bond motifs is 3. The highest BCUT2D eigenvalue weighted by Gasteiger charge is 2.10. The van der Waals surface area contributed by atoms with E-state index < -0.39 is 5.97 Å². The van der Waals surface area contributed by atoms with Crippen LogP contribution in [0.2, 0.25) is 0 Å². The van der Waals surface area contributed by atoms with Crippen LogP contribution in [0.3, 0.4) is 0 Å². The highest BCUT2D eigenvalue weighted by molar-refractivity contribution is 6.09. The number of aromatic carboxylic acids is 1. The minimum atomic E-state index is -0.907. The van der Waals surface area contributed by atoms with Crippen molar-refractivity contribution in [2.24, 2.45) is 7.05 Å². The summed E-state index contributed by atoms with van der Waals surface area (Å²) in [6, 6.07) is 7.08. The minimum Gasteiger partial charge on any atom is -0.478 e. The smallest absolute Gasteiger partial charge is 0.335 e. The predicted molar refractivity (Wildman–Crippen MR) is 65.2 cm³/mol.